The van der Waals surface area contributed by atoms with Gasteiger partial charge < -0.3 is 14.8 Å². The number of hydrogen-bond acceptors (Lipinski definition) is 3. The van der Waals surface area contributed by atoms with Crippen LogP contribution in [0.15, 0.2) is 18.2 Å². The van der Waals surface area contributed by atoms with Gasteiger partial charge in [-0.05, 0) is 54.1 Å². The predicted octanol–water partition coefficient (Wildman–Crippen LogP) is 4.49. The number of amides is 1. The van der Waals surface area contributed by atoms with E-state index in [1.165, 1.54) is 6.07 Å². The minimum atomic E-state index is -0.329. The number of methoxy groups -OCH3 is 1. The summed E-state index contributed by atoms with van der Waals surface area (Å²) in [5.74, 6) is 1.01. The van der Waals surface area contributed by atoms with Gasteiger partial charge in [-0.25, -0.2) is 4.39 Å². The first-order valence-corrected chi connectivity index (χ1v) is 10.5. The average Bonchev–Trinajstić information content (AvgIpc) is 3.14. The number of ether oxygens (including phenoxy) is 2. The van der Waals surface area contributed by atoms with Crippen LogP contribution in [-0.4, -0.2) is 25.7 Å². The number of rotatable bonds is 4. The lowest BCUT2D eigenvalue weighted by atomic mass is 9.58. The van der Waals surface area contributed by atoms with E-state index in [1.54, 1.807) is 19.2 Å². The van der Waals surface area contributed by atoms with Gasteiger partial charge in [0.25, 0.3) is 0 Å². The molecule has 1 heterocycles. The smallest absolute Gasteiger partial charge is 0.222 e. The maximum atomic E-state index is 14.9. The Labute approximate surface area is 167 Å². The molecular weight excluding hydrogens is 357 g/mol. The molecule has 1 spiro atoms. The van der Waals surface area contributed by atoms with Crippen molar-refractivity contribution >= 4 is 5.91 Å². The molecule has 0 aromatic heterocycles. The molecule has 3 aliphatic rings. The second kappa shape index (κ2) is 6.72. The Morgan fingerprint density at radius 1 is 1.36 bits per heavy atom. The van der Waals surface area contributed by atoms with Crippen LogP contribution in [-0.2, 0) is 9.53 Å². The van der Waals surface area contributed by atoms with Gasteiger partial charge in [0.15, 0.2) is 0 Å². The van der Waals surface area contributed by atoms with Crippen molar-refractivity contribution in [3.63, 3.8) is 0 Å². The maximum Gasteiger partial charge on any atom is 0.222 e. The highest BCUT2D eigenvalue weighted by Crippen LogP contribution is 2.70. The molecule has 5 heteroatoms. The molecule has 3 fully saturated rings. The third-order valence-electron chi connectivity index (χ3n) is 7.83. The highest BCUT2D eigenvalue weighted by Gasteiger charge is 2.68. The largest absolute Gasteiger partial charge is 0.496 e. The molecule has 1 aromatic rings. The molecule has 4 rings (SSSR count). The summed E-state index contributed by atoms with van der Waals surface area (Å²) in [5.41, 5.74) is 0.519. The van der Waals surface area contributed by atoms with E-state index in [9.17, 15) is 9.18 Å². The van der Waals surface area contributed by atoms with Crippen LogP contribution in [0.25, 0.3) is 0 Å². The van der Waals surface area contributed by atoms with Crippen molar-refractivity contribution < 1.29 is 18.7 Å². The van der Waals surface area contributed by atoms with Gasteiger partial charge in [0.05, 0.1) is 18.8 Å². The zero-order valence-corrected chi connectivity index (χ0v) is 17.5. The van der Waals surface area contributed by atoms with E-state index in [0.717, 1.165) is 19.3 Å². The van der Waals surface area contributed by atoms with E-state index < -0.39 is 0 Å². The van der Waals surface area contributed by atoms with Crippen molar-refractivity contribution in [1.29, 1.82) is 0 Å². The molecule has 154 valence electrons. The van der Waals surface area contributed by atoms with Crippen LogP contribution in [0.4, 0.5) is 4.39 Å². The van der Waals surface area contributed by atoms with Crippen molar-refractivity contribution in [2.45, 2.75) is 59.1 Å². The van der Waals surface area contributed by atoms with Gasteiger partial charge in [-0.15, -0.1) is 0 Å². The Morgan fingerprint density at radius 3 is 2.79 bits per heavy atom. The Bertz CT molecular complexity index is 777. The fourth-order valence-corrected chi connectivity index (χ4v) is 6.35. The van der Waals surface area contributed by atoms with Crippen LogP contribution >= 0.6 is 0 Å². The van der Waals surface area contributed by atoms with Gasteiger partial charge in [-0.2, -0.15) is 0 Å². The highest BCUT2D eigenvalue weighted by atomic mass is 19.1. The molecule has 2 saturated carbocycles. The van der Waals surface area contributed by atoms with Gasteiger partial charge >= 0.3 is 0 Å². The predicted molar refractivity (Wildman–Crippen MR) is 105 cm³/mol. The first-order chi connectivity index (χ1) is 13.2. The summed E-state index contributed by atoms with van der Waals surface area (Å²) in [7, 11) is 1.58. The molecule has 1 amide bonds. The van der Waals surface area contributed by atoms with Crippen LogP contribution in [0.2, 0.25) is 0 Å². The summed E-state index contributed by atoms with van der Waals surface area (Å²) in [6, 6.07) is 5.05. The van der Waals surface area contributed by atoms with Crippen molar-refractivity contribution in [2.75, 3.05) is 13.7 Å². The van der Waals surface area contributed by atoms with Gasteiger partial charge in [-0.3, -0.25) is 4.79 Å². The van der Waals surface area contributed by atoms with E-state index in [2.05, 4.69) is 19.2 Å². The average molecular weight is 390 g/mol. The van der Waals surface area contributed by atoms with E-state index in [1.807, 2.05) is 13.8 Å². The fraction of sp³-hybridized carbons (Fsp3) is 0.696. The van der Waals surface area contributed by atoms with E-state index in [-0.39, 0.29) is 46.5 Å². The van der Waals surface area contributed by atoms with Crippen molar-refractivity contribution in [3.05, 3.63) is 29.6 Å². The normalized spacial score (nSPS) is 35.7. The number of nitrogens with one attached hydrogen (secondary N) is 1. The summed E-state index contributed by atoms with van der Waals surface area (Å²) < 4.78 is 26.5. The lowest BCUT2D eigenvalue weighted by molar-refractivity contribution is -0.139. The molecule has 2 bridgehead atoms. The van der Waals surface area contributed by atoms with E-state index in [4.69, 9.17) is 9.47 Å². The summed E-state index contributed by atoms with van der Waals surface area (Å²) in [5, 5.41) is 3.39. The molecule has 0 radical (unpaired) electrons. The van der Waals surface area contributed by atoms with Gasteiger partial charge in [0.1, 0.15) is 11.6 Å². The molecule has 1 saturated heterocycles. The summed E-state index contributed by atoms with van der Waals surface area (Å²) >= 11 is 0. The van der Waals surface area contributed by atoms with Crippen LogP contribution in [0.5, 0.6) is 5.75 Å². The lowest BCUT2D eigenvalue weighted by Gasteiger charge is -2.53. The Hall–Kier alpha value is -1.62. The third-order valence-corrected chi connectivity index (χ3v) is 7.83. The van der Waals surface area contributed by atoms with Crippen molar-refractivity contribution in [3.8, 4) is 5.75 Å². The number of carbonyl (C=O) groups is 1. The molecule has 5 atom stereocenters. The monoisotopic (exact) mass is 389 g/mol. The zero-order chi connectivity index (χ0) is 20.3. The standard InChI is InChI=1S/C23H32FNO3/c1-13(2)20(26)25-21-22(3,4)14-11-15-19(28-10-9-23(15,21)12-14)18-16(24)7-6-8-17(18)27-5/h6-8,13-15,19,21H,9-12H2,1-5H3,(H,25,26)/t14-,15-,19+,21+,23?/m1/s1. The molecule has 4 nitrogen and oxygen atoms in total. The maximum absolute atomic E-state index is 14.9. The number of fused-ring (bicyclic) bond motifs is 1. The summed E-state index contributed by atoms with van der Waals surface area (Å²) in [4.78, 5) is 12.6. The molecule has 1 N–H and O–H groups in total. The number of halogens is 1. The number of hydrogen-bond donors (Lipinski definition) is 1. The topological polar surface area (TPSA) is 47.6 Å². The van der Waals surface area contributed by atoms with Crippen LogP contribution in [0.1, 0.15) is 58.6 Å². The molecule has 28 heavy (non-hydrogen) atoms. The SMILES string of the molecule is COc1cccc(F)c1[C@H]1OCCC23C[C@@H](C[C@H]12)C(C)(C)[C@@H]3NC(=O)C(C)C. The number of carbonyl (C=O) groups excluding carboxylic acids is 1. The molecular formula is C23H32FNO3. The lowest BCUT2D eigenvalue weighted by Crippen LogP contribution is -2.59. The Morgan fingerprint density at radius 2 is 2.11 bits per heavy atom. The fourth-order valence-electron chi connectivity index (χ4n) is 6.35. The van der Waals surface area contributed by atoms with Crippen LogP contribution < -0.4 is 10.1 Å². The molecule has 1 aromatic carbocycles. The second-order valence-electron chi connectivity index (χ2n) is 9.79. The highest BCUT2D eigenvalue weighted by molar-refractivity contribution is 5.78. The Kier molecular flexibility index (Phi) is 4.72. The first-order valence-electron chi connectivity index (χ1n) is 10.5. The van der Waals surface area contributed by atoms with Crippen LogP contribution in [0, 0.1) is 34.4 Å². The second-order valence-corrected chi connectivity index (χ2v) is 9.79. The van der Waals surface area contributed by atoms with Crippen molar-refractivity contribution in [1.82, 2.24) is 5.32 Å². The third kappa shape index (κ3) is 2.69. The van der Waals surface area contributed by atoms with Gasteiger partial charge in [0.2, 0.25) is 5.91 Å². The van der Waals surface area contributed by atoms with Gasteiger partial charge in [0, 0.05) is 18.6 Å². The summed E-state index contributed by atoms with van der Waals surface area (Å²) in [6.07, 6.45) is 2.66. The molecule has 2 aliphatic carbocycles. The minimum absolute atomic E-state index is 0.0300. The van der Waals surface area contributed by atoms with Crippen LogP contribution in [0.3, 0.4) is 0 Å². The quantitative estimate of drug-likeness (QED) is 0.825. The Balaban J connectivity index is 1.74. The summed E-state index contributed by atoms with van der Waals surface area (Å²) in [6.45, 7) is 9.00. The van der Waals surface area contributed by atoms with E-state index >= 15 is 0 Å². The van der Waals surface area contributed by atoms with E-state index in [0.29, 0.717) is 23.8 Å². The molecule has 1 unspecified atom stereocenters. The minimum Gasteiger partial charge on any atom is -0.496 e. The first kappa shape index (κ1) is 19.7. The molecule has 1 aliphatic heterocycles. The number of benzene rings is 1. The van der Waals surface area contributed by atoms with Gasteiger partial charge in [-0.1, -0.05) is 33.8 Å². The van der Waals surface area contributed by atoms with Crippen molar-refractivity contribution in [2.24, 2.45) is 28.6 Å². The zero-order valence-electron chi connectivity index (χ0n) is 17.5.